The van der Waals surface area contributed by atoms with Crippen molar-refractivity contribution in [3.63, 3.8) is 0 Å². The first kappa shape index (κ1) is 12.4. The van der Waals surface area contributed by atoms with E-state index in [1.807, 2.05) is 24.3 Å². The molecule has 1 aliphatic rings. The van der Waals surface area contributed by atoms with Crippen LogP contribution >= 0.6 is 0 Å². The van der Waals surface area contributed by atoms with Crippen molar-refractivity contribution in [1.82, 2.24) is 0 Å². The normalized spacial score (nSPS) is 18.1. The summed E-state index contributed by atoms with van der Waals surface area (Å²) in [7, 11) is 1.66. The molecule has 1 aromatic rings. The molecule has 1 saturated heterocycles. The summed E-state index contributed by atoms with van der Waals surface area (Å²) in [5, 5.41) is 0. The van der Waals surface area contributed by atoms with Gasteiger partial charge in [0, 0.05) is 12.7 Å². The molecule has 4 nitrogen and oxygen atoms in total. The van der Waals surface area contributed by atoms with Gasteiger partial charge >= 0.3 is 0 Å². The van der Waals surface area contributed by atoms with Gasteiger partial charge in [0.05, 0.1) is 26.4 Å². The average Bonchev–Trinajstić information content (AvgIpc) is 3.17. The molecule has 4 heteroatoms. The molecule has 0 aliphatic carbocycles. The molecule has 1 atom stereocenters. The third-order valence-corrected chi connectivity index (χ3v) is 2.49. The number of benzene rings is 1. The smallest absolute Gasteiger partial charge is 0.124 e. The number of hydrogen-bond donors (Lipinski definition) is 0. The molecule has 1 aliphatic heterocycles. The van der Waals surface area contributed by atoms with Crippen LogP contribution < -0.4 is 4.74 Å². The Hall–Kier alpha value is -1.10. The molecule has 1 heterocycles. The van der Waals surface area contributed by atoms with E-state index in [1.54, 1.807) is 7.11 Å². The predicted molar refractivity (Wildman–Crippen MR) is 63.2 cm³/mol. The summed E-state index contributed by atoms with van der Waals surface area (Å²) in [5.74, 6) is 0.875. The van der Waals surface area contributed by atoms with Gasteiger partial charge in [-0.1, -0.05) is 18.2 Å². The summed E-state index contributed by atoms with van der Waals surface area (Å²) < 4.78 is 21.2. The highest BCUT2D eigenvalue weighted by Crippen LogP contribution is 2.20. The van der Waals surface area contributed by atoms with Crippen LogP contribution in [0.5, 0.6) is 5.75 Å². The Balaban J connectivity index is 1.80. The van der Waals surface area contributed by atoms with Crippen molar-refractivity contribution >= 4 is 0 Å². The van der Waals surface area contributed by atoms with E-state index in [0.717, 1.165) is 17.9 Å². The maximum absolute atomic E-state index is 5.68. The van der Waals surface area contributed by atoms with Crippen LogP contribution in [0.3, 0.4) is 0 Å². The second-order valence-electron chi connectivity index (χ2n) is 3.92. The van der Waals surface area contributed by atoms with Crippen LogP contribution in [0.15, 0.2) is 24.3 Å². The highest BCUT2D eigenvalue weighted by atomic mass is 16.6. The molecule has 2 rings (SSSR count). The fourth-order valence-electron chi connectivity index (χ4n) is 1.44. The number of rotatable bonds is 8. The van der Waals surface area contributed by atoms with Crippen LogP contribution in [0, 0.1) is 0 Å². The zero-order valence-electron chi connectivity index (χ0n) is 10.1. The molecule has 0 N–H and O–H groups in total. The van der Waals surface area contributed by atoms with Crippen molar-refractivity contribution in [1.29, 1.82) is 0 Å². The summed E-state index contributed by atoms with van der Waals surface area (Å²) in [6.45, 7) is 3.18. The van der Waals surface area contributed by atoms with Crippen molar-refractivity contribution in [3.05, 3.63) is 29.8 Å². The molecule has 0 amide bonds. The molecule has 0 bridgehead atoms. The third-order valence-electron chi connectivity index (χ3n) is 2.49. The largest absolute Gasteiger partial charge is 0.490 e. The van der Waals surface area contributed by atoms with E-state index in [4.69, 9.17) is 18.9 Å². The Morgan fingerprint density at radius 2 is 2.12 bits per heavy atom. The third kappa shape index (κ3) is 4.34. The van der Waals surface area contributed by atoms with E-state index in [2.05, 4.69) is 0 Å². The molecule has 0 aromatic heterocycles. The molecule has 0 saturated carbocycles. The molecule has 1 aromatic carbocycles. The Kier molecular flexibility index (Phi) is 4.79. The molecular weight excluding hydrogens is 220 g/mol. The van der Waals surface area contributed by atoms with Gasteiger partial charge in [0.15, 0.2) is 0 Å². The van der Waals surface area contributed by atoms with Crippen molar-refractivity contribution in [2.24, 2.45) is 0 Å². The maximum Gasteiger partial charge on any atom is 0.124 e. The summed E-state index contributed by atoms with van der Waals surface area (Å²) >= 11 is 0. The summed E-state index contributed by atoms with van der Waals surface area (Å²) in [4.78, 5) is 0. The minimum absolute atomic E-state index is 0.275. The first-order valence-corrected chi connectivity index (χ1v) is 5.79. The second kappa shape index (κ2) is 6.59. The molecule has 0 spiro atoms. The summed E-state index contributed by atoms with van der Waals surface area (Å²) in [5.41, 5.74) is 1.06. The minimum Gasteiger partial charge on any atom is -0.490 e. The maximum atomic E-state index is 5.68. The van der Waals surface area contributed by atoms with Crippen LogP contribution in [0.4, 0.5) is 0 Å². The van der Waals surface area contributed by atoms with E-state index in [-0.39, 0.29) is 6.10 Å². The van der Waals surface area contributed by atoms with Gasteiger partial charge in [-0.05, 0) is 6.07 Å². The van der Waals surface area contributed by atoms with Gasteiger partial charge in [0.1, 0.15) is 18.5 Å². The van der Waals surface area contributed by atoms with Gasteiger partial charge in [0.25, 0.3) is 0 Å². The van der Waals surface area contributed by atoms with Crippen LogP contribution in [-0.4, -0.2) is 39.6 Å². The van der Waals surface area contributed by atoms with Gasteiger partial charge in [-0.15, -0.1) is 0 Å². The number of methoxy groups -OCH3 is 1. The standard InChI is InChI=1S/C13H18O4/c1-14-6-7-15-8-11-4-2-3-5-13(11)17-10-12-9-16-12/h2-5,12H,6-10H2,1H3. The molecule has 1 fully saturated rings. The van der Waals surface area contributed by atoms with Crippen molar-refractivity contribution in [3.8, 4) is 5.75 Å². The topological polar surface area (TPSA) is 40.2 Å². The zero-order valence-corrected chi connectivity index (χ0v) is 10.1. The Bertz CT molecular complexity index is 336. The zero-order chi connectivity index (χ0) is 11.9. The number of para-hydroxylation sites is 1. The number of hydrogen-bond acceptors (Lipinski definition) is 4. The molecule has 0 radical (unpaired) electrons. The highest BCUT2D eigenvalue weighted by Gasteiger charge is 2.23. The average molecular weight is 238 g/mol. The Morgan fingerprint density at radius 3 is 2.88 bits per heavy atom. The lowest BCUT2D eigenvalue weighted by Gasteiger charge is -2.10. The minimum atomic E-state index is 0.275. The van der Waals surface area contributed by atoms with Crippen LogP contribution in [0.25, 0.3) is 0 Å². The SMILES string of the molecule is COCCOCc1ccccc1OCC1CO1. The predicted octanol–water partition coefficient (Wildman–Crippen LogP) is 1.63. The first-order valence-electron chi connectivity index (χ1n) is 5.79. The summed E-state index contributed by atoms with van der Waals surface area (Å²) in [6, 6.07) is 7.91. The monoisotopic (exact) mass is 238 g/mol. The van der Waals surface area contributed by atoms with Gasteiger partial charge in [-0.2, -0.15) is 0 Å². The van der Waals surface area contributed by atoms with Gasteiger partial charge in [-0.3, -0.25) is 0 Å². The lowest BCUT2D eigenvalue weighted by Crippen LogP contribution is -2.07. The van der Waals surface area contributed by atoms with E-state index >= 15 is 0 Å². The van der Waals surface area contributed by atoms with Crippen molar-refractivity contribution in [2.75, 3.05) is 33.5 Å². The molecule has 17 heavy (non-hydrogen) atoms. The summed E-state index contributed by atoms with van der Waals surface area (Å²) in [6.07, 6.45) is 0.275. The lowest BCUT2D eigenvalue weighted by atomic mass is 10.2. The number of ether oxygens (including phenoxy) is 4. The second-order valence-corrected chi connectivity index (χ2v) is 3.92. The van der Waals surface area contributed by atoms with Crippen LogP contribution in [0.2, 0.25) is 0 Å². The fraction of sp³-hybridized carbons (Fsp3) is 0.538. The van der Waals surface area contributed by atoms with Crippen LogP contribution in [0.1, 0.15) is 5.56 Å². The fourth-order valence-corrected chi connectivity index (χ4v) is 1.44. The molecule has 94 valence electrons. The van der Waals surface area contributed by atoms with E-state index in [0.29, 0.717) is 26.4 Å². The Labute approximate surface area is 101 Å². The van der Waals surface area contributed by atoms with Gasteiger partial charge in [-0.25, -0.2) is 0 Å². The van der Waals surface area contributed by atoms with E-state index < -0.39 is 0 Å². The Morgan fingerprint density at radius 1 is 1.29 bits per heavy atom. The quantitative estimate of drug-likeness (QED) is 0.510. The lowest BCUT2D eigenvalue weighted by molar-refractivity contribution is 0.0604. The van der Waals surface area contributed by atoms with Gasteiger partial charge < -0.3 is 18.9 Å². The van der Waals surface area contributed by atoms with Crippen molar-refractivity contribution in [2.45, 2.75) is 12.7 Å². The van der Waals surface area contributed by atoms with E-state index in [9.17, 15) is 0 Å². The van der Waals surface area contributed by atoms with Crippen molar-refractivity contribution < 1.29 is 18.9 Å². The first-order chi connectivity index (χ1) is 8.40. The van der Waals surface area contributed by atoms with Crippen LogP contribution in [-0.2, 0) is 20.8 Å². The molecule has 1 unspecified atom stereocenters. The van der Waals surface area contributed by atoms with Gasteiger partial charge in [0.2, 0.25) is 0 Å². The molecular formula is C13H18O4. The number of epoxide rings is 1. The highest BCUT2D eigenvalue weighted by molar-refractivity contribution is 5.32. The van der Waals surface area contributed by atoms with E-state index in [1.165, 1.54) is 0 Å².